The molecule has 4 heteroatoms. The fourth-order valence-electron chi connectivity index (χ4n) is 2.65. The Morgan fingerprint density at radius 2 is 2.11 bits per heavy atom. The van der Waals surface area contributed by atoms with Gasteiger partial charge in [-0.2, -0.15) is 0 Å². The van der Waals surface area contributed by atoms with Gasteiger partial charge < -0.3 is 10.0 Å². The van der Waals surface area contributed by atoms with E-state index >= 15 is 0 Å². The average Bonchev–Trinajstić information content (AvgIpc) is 2.73. The zero-order valence-electron chi connectivity index (χ0n) is 11.1. The molecule has 0 saturated carbocycles. The Hall–Kier alpha value is -1.42. The maximum atomic E-state index is 14.0. The number of halogens is 1. The molecule has 1 aliphatic heterocycles. The lowest BCUT2D eigenvalue weighted by molar-refractivity contribution is -0.133. The molecule has 3 unspecified atom stereocenters. The molecule has 1 heterocycles. The molecule has 0 bridgehead atoms. The van der Waals surface area contributed by atoms with E-state index in [-0.39, 0.29) is 18.6 Å². The van der Waals surface area contributed by atoms with Crippen LogP contribution in [0.25, 0.3) is 0 Å². The summed E-state index contributed by atoms with van der Waals surface area (Å²) >= 11 is 0. The number of carbonyl (C=O) groups is 1. The number of likely N-dealkylation sites (tertiary alicyclic amines) is 1. The summed E-state index contributed by atoms with van der Waals surface area (Å²) in [6.07, 6.45) is -0.314. The van der Waals surface area contributed by atoms with E-state index in [9.17, 15) is 9.18 Å². The summed E-state index contributed by atoms with van der Waals surface area (Å²) in [6.45, 7) is 2.41. The van der Waals surface area contributed by atoms with Crippen LogP contribution in [0.15, 0.2) is 30.3 Å². The van der Waals surface area contributed by atoms with Crippen LogP contribution in [0, 0.1) is 5.92 Å². The number of aliphatic hydroxyl groups is 1. The second-order valence-electron chi connectivity index (χ2n) is 5.10. The highest BCUT2D eigenvalue weighted by molar-refractivity contribution is 5.83. The third-order valence-corrected chi connectivity index (χ3v) is 3.85. The maximum absolute atomic E-state index is 14.0. The fourth-order valence-corrected chi connectivity index (χ4v) is 2.65. The molecular weight excluding hydrogens is 245 g/mol. The van der Waals surface area contributed by atoms with Gasteiger partial charge in [-0.3, -0.25) is 4.79 Å². The molecule has 0 aromatic heterocycles. The van der Waals surface area contributed by atoms with E-state index < -0.39 is 12.1 Å². The molecule has 0 radical (unpaired) electrons. The second-order valence-corrected chi connectivity index (χ2v) is 5.10. The predicted molar refractivity (Wildman–Crippen MR) is 71.3 cm³/mol. The Morgan fingerprint density at radius 1 is 1.42 bits per heavy atom. The Bertz CT molecular complexity index is 423. The van der Waals surface area contributed by atoms with Crippen LogP contribution in [0.2, 0.25) is 0 Å². The van der Waals surface area contributed by atoms with Crippen LogP contribution in [0.1, 0.15) is 31.4 Å². The lowest BCUT2D eigenvalue weighted by Gasteiger charge is -2.25. The standard InChI is InChI=1S/C15H20FNO2/c1-11(12-6-3-2-4-7-12)17-10-13(8-5-9-18)14(16)15(17)19/h2-4,6-7,11,13-14,18H,5,8-10H2,1H3. The van der Waals surface area contributed by atoms with E-state index in [0.29, 0.717) is 19.4 Å². The van der Waals surface area contributed by atoms with Crippen molar-refractivity contribution in [2.75, 3.05) is 13.2 Å². The van der Waals surface area contributed by atoms with Crippen molar-refractivity contribution in [1.29, 1.82) is 0 Å². The van der Waals surface area contributed by atoms with E-state index in [2.05, 4.69) is 0 Å². The first-order valence-corrected chi connectivity index (χ1v) is 6.75. The van der Waals surface area contributed by atoms with Gasteiger partial charge in [-0.15, -0.1) is 0 Å². The monoisotopic (exact) mass is 265 g/mol. The van der Waals surface area contributed by atoms with Crippen molar-refractivity contribution < 1.29 is 14.3 Å². The Morgan fingerprint density at radius 3 is 2.74 bits per heavy atom. The van der Waals surface area contributed by atoms with E-state index in [1.54, 1.807) is 4.90 Å². The normalized spacial score (nSPS) is 24.8. The van der Waals surface area contributed by atoms with Gasteiger partial charge in [0, 0.05) is 19.1 Å². The Labute approximate surface area is 113 Å². The number of amides is 1. The van der Waals surface area contributed by atoms with Gasteiger partial charge in [0.1, 0.15) is 0 Å². The molecule has 3 atom stereocenters. The van der Waals surface area contributed by atoms with Crippen LogP contribution in [-0.2, 0) is 4.79 Å². The summed E-state index contributed by atoms with van der Waals surface area (Å²) in [6, 6.07) is 9.55. The van der Waals surface area contributed by atoms with Crippen LogP contribution < -0.4 is 0 Å². The third kappa shape index (κ3) is 2.95. The van der Waals surface area contributed by atoms with E-state index in [1.165, 1.54) is 0 Å². The summed E-state index contributed by atoms with van der Waals surface area (Å²) in [5, 5.41) is 8.81. The summed E-state index contributed by atoms with van der Waals surface area (Å²) < 4.78 is 14.0. The molecule has 1 N–H and O–H groups in total. The molecule has 104 valence electrons. The first-order valence-electron chi connectivity index (χ1n) is 6.75. The molecule has 1 fully saturated rings. The minimum absolute atomic E-state index is 0.0473. The van der Waals surface area contributed by atoms with E-state index in [0.717, 1.165) is 5.56 Å². The summed E-state index contributed by atoms with van der Waals surface area (Å²) in [4.78, 5) is 13.6. The molecule has 1 aromatic rings. The molecule has 3 nitrogen and oxygen atoms in total. The van der Waals surface area contributed by atoms with Crippen LogP contribution in [0.4, 0.5) is 4.39 Å². The quantitative estimate of drug-likeness (QED) is 0.887. The van der Waals surface area contributed by atoms with Gasteiger partial charge >= 0.3 is 0 Å². The lowest BCUT2D eigenvalue weighted by Crippen LogP contribution is -2.30. The molecule has 1 amide bonds. The van der Waals surface area contributed by atoms with Gasteiger partial charge in [0.2, 0.25) is 0 Å². The van der Waals surface area contributed by atoms with Crippen molar-refractivity contribution in [3.8, 4) is 0 Å². The molecule has 1 aliphatic rings. The van der Waals surface area contributed by atoms with Crippen molar-refractivity contribution in [2.45, 2.75) is 32.0 Å². The van der Waals surface area contributed by atoms with Gasteiger partial charge in [-0.1, -0.05) is 30.3 Å². The number of carbonyl (C=O) groups excluding carboxylic acids is 1. The highest BCUT2D eigenvalue weighted by Gasteiger charge is 2.42. The molecule has 1 saturated heterocycles. The third-order valence-electron chi connectivity index (χ3n) is 3.85. The van der Waals surface area contributed by atoms with Crippen molar-refractivity contribution in [3.63, 3.8) is 0 Å². The summed E-state index contributed by atoms with van der Waals surface area (Å²) in [7, 11) is 0. The molecule has 2 rings (SSSR count). The molecule has 0 aliphatic carbocycles. The van der Waals surface area contributed by atoms with Gasteiger partial charge in [-0.05, 0) is 25.3 Å². The van der Waals surface area contributed by atoms with Crippen molar-refractivity contribution in [1.82, 2.24) is 4.90 Å². The van der Waals surface area contributed by atoms with Crippen LogP contribution in [-0.4, -0.2) is 35.2 Å². The van der Waals surface area contributed by atoms with Crippen molar-refractivity contribution >= 4 is 5.91 Å². The maximum Gasteiger partial charge on any atom is 0.257 e. The van der Waals surface area contributed by atoms with Crippen LogP contribution in [0.3, 0.4) is 0 Å². The minimum atomic E-state index is -1.42. The average molecular weight is 265 g/mol. The number of hydrogen-bond acceptors (Lipinski definition) is 2. The van der Waals surface area contributed by atoms with Crippen molar-refractivity contribution in [3.05, 3.63) is 35.9 Å². The second kappa shape index (κ2) is 6.15. The first kappa shape index (κ1) is 14.0. The van der Waals surface area contributed by atoms with E-state index in [4.69, 9.17) is 5.11 Å². The summed E-state index contributed by atoms with van der Waals surface area (Å²) in [5.41, 5.74) is 1.02. The molecular formula is C15H20FNO2. The number of nitrogens with zero attached hydrogens (tertiary/aromatic N) is 1. The zero-order chi connectivity index (χ0) is 13.8. The first-order chi connectivity index (χ1) is 9.15. The minimum Gasteiger partial charge on any atom is -0.396 e. The highest BCUT2D eigenvalue weighted by atomic mass is 19.1. The SMILES string of the molecule is CC(c1ccccc1)N1CC(CCCO)C(F)C1=O. The molecule has 0 spiro atoms. The molecule has 19 heavy (non-hydrogen) atoms. The van der Waals surface area contributed by atoms with E-state index in [1.807, 2.05) is 37.3 Å². The number of aliphatic hydroxyl groups excluding tert-OH is 1. The topological polar surface area (TPSA) is 40.5 Å². The number of hydrogen-bond donors (Lipinski definition) is 1. The van der Waals surface area contributed by atoms with Crippen LogP contribution in [0.5, 0.6) is 0 Å². The predicted octanol–water partition coefficient (Wildman–Crippen LogP) is 2.32. The number of alkyl halides is 1. The summed E-state index contributed by atoms with van der Waals surface area (Å²) in [5.74, 6) is -0.704. The van der Waals surface area contributed by atoms with Gasteiger partial charge in [0.25, 0.3) is 5.91 Å². The van der Waals surface area contributed by atoms with Crippen molar-refractivity contribution in [2.24, 2.45) is 5.92 Å². The highest BCUT2D eigenvalue weighted by Crippen LogP contribution is 2.32. The Kier molecular flexibility index (Phi) is 4.53. The van der Waals surface area contributed by atoms with Gasteiger partial charge in [-0.25, -0.2) is 4.39 Å². The number of benzene rings is 1. The zero-order valence-corrected chi connectivity index (χ0v) is 11.1. The largest absolute Gasteiger partial charge is 0.396 e. The van der Waals surface area contributed by atoms with Gasteiger partial charge in [0.15, 0.2) is 6.17 Å². The smallest absolute Gasteiger partial charge is 0.257 e. The van der Waals surface area contributed by atoms with Gasteiger partial charge in [0.05, 0.1) is 6.04 Å². The molecule has 1 aromatic carbocycles. The fraction of sp³-hybridized carbons (Fsp3) is 0.533. The van der Waals surface area contributed by atoms with Crippen LogP contribution >= 0.6 is 0 Å². The number of rotatable bonds is 5. The Balaban J connectivity index is 2.07. The lowest BCUT2D eigenvalue weighted by atomic mass is 10.0.